The average Bonchev–Trinajstić information content (AvgIpc) is 3.36. The van der Waals surface area contributed by atoms with Gasteiger partial charge in [0, 0.05) is 29.5 Å². The highest BCUT2D eigenvalue weighted by Crippen LogP contribution is 2.23. The van der Waals surface area contributed by atoms with E-state index >= 15 is 0 Å². The molecular weight excluding hydrogens is 474 g/mol. The third-order valence-electron chi connectivity index (χ3n) is 5.64. The Kier molecular flexibility index (Phi) is 7.54. The van der Waals surface area contributed by atoms with Crippen LogP contribution in [0.5, 0.6) is 0 Å². The molecule has 0 aliphatic carbocycles. The number of carbonyl (C=O) groups excluding carboxylic acids is 3. The Balaban J connectivity index is 1.38. The van der Waals surface area contributed by atoms with Crippen molar-refractivity contribution in [1.82, 2.24) is 15.1 Å². The van der Waals surface area contributed by atoms with Crippen molar-refractivity contribution in [2.45, 2.75) is 26.2 Å². The van der Waals surface area contributed by atoms with E-state index < -0.39 is 5.91 Å². The van der Waals surface area contributed by atoms with E-state index in [1.165, 1.54) is 0 Å². The molecule has 2 N–H and O–H groups in total. The Labute approximate surface area is 206 Å². The predicted molar refractivity (Wildman–Crippen MR) is 132 cm³/mol. The van der Waals surface area contributed by atoms with Crippen LogP contribution in [0.3, 0.4) is 0 Å². The van der Waals surface area contributed by atoms with Gasteiger partial charge in [0.2, 0.25) is 15.9 Å². The van der Waals surface area contributed by atoms with Crippen molar-refractivity contribution in [3.8, 4) is 0 Å². The molecule has 3 aromatic rings. The summed E-state index contributed by atoms with van der Waals surface area (Å²) in [6.07, 6.45) is 2.23. The van der Waals surface area contributed by atoms with Crippen molar-refractivity contribution >= 4 is 52.0 Å². The minimum absolute atomic E-state index is 0.0841. The number of halogens is 1. The second-order valence-electron chi connectivity index (χ2n) is 7.96. The van der Waals surface area contributed by atoms with E-state index in [1.807, 2.05) is 31.2 Å². The Morgan fingerprint density at radius 2 is 1.79 bits per heavy atom. The number of para-hydroxylation sites is 1. The summed E-state index contributed by atoms with van der Waals surface area (Å²) in [7, 11) is 0. The molecule has 1 aliphatic heterocycles. The summed E-state index contributed by atoms with van der Waals surface area (Å²) in [6, 6.07) is 14.4. The lowest BCUT2D eigenvalue weighted by Gasteiger charge is -2.31. The summed E-state index contributed by atoms with van der Waals surface area (Å²) >= 11 is 6.79. The van der Waals surface area contributed by atoms with Gasteiger partial charge in [-0.25, -0.2) is 0 Å². The molecule has 1 saturated heterocycles. The van der Waals surface area contributed by atoms with Gasteiger partial charge in [0.25, 0.3) is 11.8 Å². The van der Waals surface area contributed by atoms with Crippen molar-refractivity contribution < 1.29 is 14.4 Å². The SMILES string of the molecule is CCc1ccccc1NC(=O)C1CCCN(C(=O)c2nnc(C(=O)Nc3ccc(Cl)cc3)s2)C1. The third kappa shape index (κ3) is 5.60. The van der Waals surface area contributed by atoms with Gasteiger partial charge in [-0.2, -0.15) is 0 Å². The molecule has 0 saturated carbocycles. The molecule has 1 aliphatic rings. The first-order valence-corrected chi connectivity index (χ1v) is 12.2. The van der Waals surface area contributed by atoms with E-state index in [4.69, 9.17) is 11.6 Å². The fourth-order valence-corrected chi connectivity index (χ4v) is 4.65. The molecule has 34 heavy (non-hydrogen) atoms. The third-order valence-corrected chi connectivity index (χ3v) is 6.80. The maximum Gasteiger partial charge on any atom is 0.286 e. The zero-order valence-electron chi connectivity index (χ0n) is 18.6. The molecule has 0 spiro atoms. The first kappa shape index (κ1) is 23.8. The fraction of sp³-hybridized carbons (Fsp3) is 0.292. The van der Waals surface area contributed by atoms with Crippen LogP contribution in [-0.4, -0.2) is 45.9 Å². The van der Waals surface area contributed by atoms with Gasteiger partial charge in [-0.1, -0.05) is 48.1 Å². The van der Waals surface area contributed by atoms with Crippen LogP contribution in [-0.2, 0) is 11.2 Å². The first-order valence-electron chi connectivity index (χ1n) is 11.0. The Bertz CT molecular complexity index is 1200. The quantitative estimate of drug-likeness (QED) is 0.522. The average molecular weight is 498 g/mol. The number of piperidine rings is 1. The normalized spacial score (nSPS) is 15.6. The molecule has 176 valence electrons. The van der Waals surface area contributed by atoms with E-state index in [-0.39, 0.29) is 27.7 Å². The maximum absolute atomic E-state index is 13.0. The molecule has 0 radical (unpaired) electrons. The molecule has 2 aromatic carbocycles. The molecule has 1 fully saturated rings. The van der Waals surface area contributed by atoms with E-state index in [2.05, 4.69) is 20.8 Å². The number of nitrogens with one attached hydrogen (secondary N) is 2. The fourth-order valence-electron chi connectivity index (χ4n) is 3.82. The first-order chi connectivity index (χ1) is 16.4. The van der Waals surface area contributed by atoms with Gasteiger partial charge in [0.15, 0.2) is 0 Å². The number of amides is 3. The molecular formula is C24H24ClN5O3S. The van der Waals surface area contributed by atoms with Crippen LogP contribution in [0.15, 0.2) is 48.5 Å². The number of anilines is 2. The molecule has 8 nitrogen and oxygen atoms in total. The number of aromatic nitrogens is 2. The summed E-state index contributed by atoms with van der Waals surface area (Å²) in [6.45, 7) is 2.86. The van der Waals surface area contributed by atoms with Crippen LogP contribution in [0.25, 0.3) is 0 Å². The highest BCUT2D eigenvalue weighted by atomic mass is 35.5. The van der Waals surface area contributed by atoms with Crippen LogP contribution in [0.1, 0.15) is 44.9 Å². The van der Waals surface area contributed by atoms with Gasteiger partial charge < -0.3 is 15.5 Å². The van der Waals surface area contributed by atoms with Crippen LogP contribution in [0.4, 0.5) is 11.4 Å². The van der Waals surface area contributed by atoms with Crippen LogP contribution < -0.4 is 10.6 Å². The largest absolute Gasteiger partial charge is 0.336 e. The number of hydrogen-bond donors (Lipinski definition) is 2. The lowest BCUT2D eigenvalue weighted by atomic mass is 9.96. The van der Waals surface area contributed by atoms with Gasteiger partial charge in [-0.3, -0.25) is 14.4 Å². The summed E-state index contributed by atoms with van der Waals surface area (Å²) < 4.78 is 0. The second-order valence-corrected chi connectivity index (χ2v) is 9.38. The minimum Gasteiger partial charge on any atom is -0.336 e. The lowest BCUT2D eigenvalue weighted by molar-refractivity contribution is -0.121. The predicted octanol–water partition coefficient (Wildman–Crippen LogP) is 4.50. The number of hydrogen-bond acceptors (Lipinski definition) is 6. The summed E-state index contributed by atoms with van der Waals surface area (Å²) in [5.74, 6) is -1.19. The van der Waals surface area contributed by atoms with Crippen LogP contribution in [0.2, 0.25) is 5.02 Å². The zero-order chi connectivity index (χ0) is 24.1. The standard InChI is InChI=1S/C24H24ClN5O3S/c1-2-15-6-3-4-8-19(15)27-20(31)16-7-5-13-30(14-16)24(33)23-29-28-22(34-23)21(32)26-18-11-9-17(25)10-12-18/h3-4,6,8-12,16H,2,5,7,13-14H2,1H3,(H,26,32)(H,27,31). The highest BCUT2D eigenvalue weighted by Gasteiger charge is 2.31. The molecule has 2 heterocycles. The van der Waals surface area contributed by atoms with Crippen molar-refractivity contribution in [1.29, 1.82) is 0 Å². The Morgan fingerprint density at radius 1 is 1.06 bits per heavy atom. The Morgan fingerprint density at radius 3 is 2.56 bits per heavy atom. The highest BCUT2D eigenvalue weighted by molar-refractivity contribution is 7.15. The van der Waals surface area contributed by atoms with Gasteiger partial charge in [0.1, 0.15) is 0 Å². The van der Waals surface area contributed by atoms with Crippen molar-refractivity contribution in [3.63, 3.8) is 0 Å². The smallest absolute Gasteiger partial charge is 0.286 e. The van der Waals surface area contributed by atoms with Gasteiger partial charge in [-0.15, -0.1) is 10.2 Å². The monoisotopic (exact) mass is 497 g/mol. The van der Waals surface area contributed by atoms with Crippen molar-refractivity contribution in [2.75, 3.05) is 23.7 Å². The number of likely N-dealkylation sites (tertiary alicyclic amines) is 1. The number of aryl methyl sites for hydroxylation is 1. The second kappa shape index (κ2) is 10.8. The molecule has 1 unspecified atom stereocenters. The van der Waals surface area contributed by atoms with Crippen LogP contribution in [0, 0.1) is 5.92 Å². The molecule has 4 rings (SSSR count). The number of nitrogens with zero attached hydrogens (tertiary/aromatic N) is 3. The number of rotatable bonds is 6. The Hall–Kier alpha value is -3.30. The number of benzene rings is 2. The molecule has 0 bridgehead atoms. The minimum atomic E-state index is -0.454. The number of carbonyl (C=O) groups is 3. The van der Waals surface area contributed by atoms with Crippen LogP contribution >= 0.6 is 22.9 Å². The van der Waals surface area contributed by atoms with E-state index in [9.17, 15) is 14.4 Å². The van der Waals surface area contributed by atoms with Crippen molar-refractivity contribution in [2.24, 2.45) is 5.92 Å². The van der Waals surface area contributed by atoms with Crippen molar-refractivity contribution in [3.05, 3.63) is 69.1 Å². The topological polar surface area (TPSA) is 104 Å². The molecule has 10 heteroatoms. The van der Waals surface area contributed by atoms with E-state index in [1.54, 1.807) is 29.2 Å². The zero-order valence-corrected chi connectivity index (χ0v) is 20.2. The molecule has 1 atom stereocenters. The van der Waals surface area contributed by atoms with E-state index in [0.29, 0.717) is 36.6 Å². The molecule has 3 amide bonds. The summed E-state index contributed by atoms with van der Waals surface area (Å²) in [5, 5.41) is 14.3. The van der Waals surface area contributed by atoms with E-state index in [0.717, 1.165) is 29.0 Å². The lowest BCUT2D eigenvalue weighted by Crippen LogP contribution is -2.43. The summed E-state index contributed by atoms with van der Waals surface area (Å²) in [4.78, 5) is 40.0. The summed E-state index contributed by atoms with van der Waals surface area (Å²) in [5.41, 5.74) is 2.43. The van der Waals surface area contributed by atoms with Gasteiger partial charge >= 0.3 is 0 Å². The van der Waals surface area contributed by atoms with Gasteiger partial charge in [-0.05, 0) is 55.2 Å². The molecule has 1 aromatic heterocycles. The maximum atomic E-state index is 13.0. The van der Waals surface area contributed by atoms with Gasteiger partial charge in [0.05, 0.1) is 5.92 Å².